The van der Waals surface area contributed by atoms with Gasteiger partial charge in [0.05, 0.1) is 19.9 Å². The number of aromatic hydroxyl groups is 1. The number of phenolic OH excluding ortho intramolecular Hbond substituents is 1. The maximum absolute atomic E-state index is 9.44. The van der Waals surface area contributed by atoms with Gasteiger partial charge in [0.1, 0.15) is 0 Å². The molecule has 0 amide bonds. The first kappa shape index (κ1) is 9.38. The van der Waals surface area contributed by atoms with Gasteiger partial charge in [0.25, 0.3) is 0 Å². The van der Waals surface area contributed by atoms with Gasteiger partial charge in [0.2, 0.25) is 5.75 Å². The Morgan fingerprint density at radius 1 is 1.31 bits per heavy atom. The summed E-state index contributed by atoms with van der Waals surface area (Å²) in [5.41, 5.74) is 0.537. The molecule has 0 saturated carbocycles. The number of ether oxygens (including phenoxy) is 2. The predicted molar refractivity (Wildman–Crippen MR) is 50.4 cm³/mol. The zero-order chi connectivity index (χ0) is 9.84. The first-order valence-corrected chi connectivity index (χ1v) is 3.64. The maximum Gasteiger partial charge on any atom is 0.203 e. The summed E-state index contributed by atoms with van der Waals surface area (Å²) in [5.74, 6) is 0.726. The van der Waals surface area contributed by atoms with E-state index in [1.807, 2.05) is 0 Å². The topological polar surface area (TPSA) is 51.1 Å². The fourth-order valence-corrected chi connectivity index (χ4v) is 1.02. The highest BCUT2D eigenvalue weighted by Crippen LogP contribution is 2.39. The van der Waals surface area contributed by atoms with E-state index in [2.05, 4.69) is 11.7 Å². The fourth-order valence-electron chi connectivity index (χ4n) is 1.02. The van der Waals surface area contributed by atoms with E-state index in [1.165, 1.54) is 20.3 Å². The molecule has 4 nitrogen and oxygen atoms in total. The Bertz CT molecular complexity index is 323. The van der Waals surface area contributed by atoms with Crippen LogP contribution in [-0.2, 0) is 0 Å². The van der Waals surface area contributed by atoms with E-state index in [-0.39, 0.29) is 5.75 Å². The van der Waals surface area contributed by atoms with E-state index < -0.39 is 0 Å². The molecule has 13 heavy (non-hydrogen) atoms. The van der Waals surface area contributed by atoms with Crippen molar-refractivity contribution >= 4 is 12.4 Å². The van der Waals surface area contributed by atoms with Gasteiger partial charge in [-0.3, -0.25) is 4.99 Å². The summed E-state index contributed by atoms with van der Waals surface area (Å²) in [6, 6.07) is 3.08. The Hall–Kier alpha value is -1.71. The van der Waals surface area contributed by atoms with Crippen LogP contribution in [0.15, 0.2) is 17.1 Å². The minimum Gasteiger partial charge on any atom is -0.504 e. The molecule has 4 heteroatoms. The Balaban J connectivity index is 3.28. The lowest BCUT2D eigenvalue weighted by Gasteiger charge is -2.09. The molecule has 0 bridgehead atoms. The summed E-state index contributed by atoms with van der Waals surface area (Å²) >= 11 is 0. The standard InChI is InChI=1S/C9H11NO3/c1-10-6-4-7(11)9(13-3)8(5-6)12-2/h4-5,11H,1H2,2-3H3. The fraction of sp³-hybridized carbons (Fsp3) is 0.222. The predicted octanol–water partition coefficient (Wildman–Crippen LogP) is 1.74. The van der Waals surface area contributed by atoms with Gasteiger partial charge in [0.15, 0.2) is 11.5 Å². The molecule has 0 radical (unpaired) electrons. The zero-order valence-corrected chi connectivity index (χ0v) is 7.57. The molecule has 0 fully saturated rings. The summed E-state index contributed by atoms with van der Waals surface area (Å²) in [7, 11) is 2.95. The number of hydrogen-bond acceptors (Lipinski definition) is 4. The van der Waals surface area contributed by atoms with Crippen molar-refractivity contribution in [3.63, 3.8) is 0 Å². The van der Waals surface area contributed by atoms with Crippen LogP contribution in [0.1, 0.15) is 0 Å². The lowest BCUT2D eigenvalue weighted by Crippen LogP contribution is -1.90. The van der Waals surface area contributed by atoms with Crippen molar-refractivity contribution in [1.29, 1.82) is 0 Å². The second kappa shape index (κ2) is 3.80. The van der Waals surface area contributed by atoms with Crippen molar-refractivity contribution < 1.29 is 14.6 Å². The normalized spacial score (nSPS) is 9.38. The number of rotatable bonds is 3. The zero-order valence-electron chi connectivity index (χ0n) is 7.57. The molecule has 0 saturated heterocycles. The van der Waals surface area contributed by atoms with Crippen LogP contribution in [0.25, 0.3) is 0 Å². The van der Waals surface area contributed by atoms with Gasteiger partial charge in [-0.25, -0.2) is 0 Å². The Morgan fingerprint density at radius 2 is 2.00 bits per heavy atom. The third-order valence-corrected chi connectivity index (χ3v) is 1.63. The molecular weight excluding hydrogens is 170 g/mol. The smallest absolute Gasteiger partial charge is 0.203 e. The van der Waals surface area contributed by atoms with Crippen LogP contribution in [0.3, 0.4) is 0 Å². The van der Waals surface area contributed by atoms with Gasteiger partial charge < -0.3 is 14.6 Å². The maximum atomic E-state index is 9.44. The summed E-state index contributed by atoms with van der Waals surface area (Å²) < 4.78 is 9.92. The van der Waals surface area contributed by atoms with Gasteiger partial charge in [-0.15, -0.1) is 0 Å². The van der Waals surface area contributed by atoms with Crippen molar-refractivity contribution in [2.45, 2.75) is 0 Å². The second-order valence-corrected chi connectivity index (χ2v) is 2.36. The highest BCUT2D eigenvalue weighted by Gasteiger charge is 2.10. The molecule has 1 N–H and O–H groups in total. The van der Waals surface area contributed by atoms with Crippen molar-refractivity contribution in [2.75, 3.05) is 14.2 Å². The largest absolute Gasteiger partial charge is 0.504 e. The molecule has 1 aromatic carbocycles. The monoisotopic (exact) mass is 181 g/mol. The van der Waals surface area contributed by atoms with Gasteiger partial charge >= 0.3 is 0 Å². The van der Waals surface area contributed by atoms with Gasteiger partial charge in [0, 0.05) is 12.1 Å². The Kier molecular flexibility index (Phi) is 2.74. The highest BCUT2D eigenvalue weighted by atomic mass is 16.5. The van der Waals surface area contributed by atoms with Crippen molar-refractivity contribution in [2.24, 2.45) is 4.99 Å². The molecule has 70 valence electrons. The van der Waals surface area contributed by atoms with Gasteiger partial charge in [-0.05, 0) is 6.72 Å². The lowest BCUT2D eigenvalue weighted by atomic mass is 10.2. The third-order valence-electron chi connectivity index (χ3n) is 1.63. The van der Waals surface area contributed by atoms with Crippen LogP contribution < -0.4 is 9.47 Å². The Labute approximate surface area is 76.4 Å². The molecule has 0 heterocycles. The van der Waals surface area contributed by atoms with Crippen LogP contribution in [-0.4, -0.2) is 26.0 Å². The molecule has 0 atom stereocenters. The second-order valence-electron chi connectivity index (χ2n) is 2.36. The molecule has 0 aliphatic carbocycles. The van der Waals surface area contributed by atoms with E-state index in [4.69, 9.17) is 9.47 Å². The highest BCUT2D eigenvalue weighted by molar-refractivity contribution is 5.61. The first-order chi connectivity index (χ1) is 6.22. The molecule has 0 unspecified atom stereocenters. The van der Waals surface area contributed by atoms with E-state index >= 15 is 0 Å². The summed E-state index contributed by atoms with van der Waals surface area (Å²) in [5, 5.41) is 9.44. The van der Waals surface area contributed by atoms with Crippen molar-refractivity contribution in [3.05, 3.63) is 12.1 Å². The van der Waals surface area contributed by atoms with E-state index in [1.54, 1.807) is 6.07 Å². The van der Waals surface area contributed by atoms with E-state index in [0.29, 0.717) is 17.2 Å². The quantitative estimate of drug-likeness (QED) is 0.722. The molecular formula is C9H11NO3. The average Bonchev–Trinajstić information content (AvgIpc) is 2.16. The number of aliphatic imine (C=N–C) groups is 1. The van der Waals surface area contributed by atoms with Crippen molar-refractivity contribution in [1.82, 2.24) is 0 Å². The first-order valence-electron chi connectivity index (χ1n) is 3.64. The van der Waals surface area contributed by atoms with Crippen molar-refractivity contribution in [3.8, 4) is 17.2 Å². The number of methoxy groups -OCH3 is 2. The SMILES string of the molecule is C=Nc1cc(O)c(OC)c(OC)c1. The molecule has 1 rings (SSSR count). The molecule has 1 aromatic rings. The number of benzene rings is 1. The summed E-state index contributed by atoms with van der Waals surface area (Å²) in [6.07, 6.45) is 0. The minimum atomic E-state index is -0.00995. The van der Waals surface area contributed by atoms with Gasteiger partial charge in [-0.2, -0.15) is 0 Å². The molecule has 0 spiro atoms. The van der Waals surface area contributed by atoms with Crippen LogP contribution in [0.4, 0.5) is 5.69 Å². The summed E-state index contributed by atoms with van der Waals surface area (Å²) in [6.45, 7) is 3.35. The average molecular weight is 181 g/mol. The minimum absolute atomic E-state index is 0.00995. The van der Waals surface area contributed by atoms with E-state index in [9.17, 15) is 5.11 Å². The number of nitrogens with zero attached hydrogens (tertiary/aromatic N) is 1. The van der Waals surface area contributed by atoms with Crippen LogP contribution in [0, 0.1) is 0 Å². The lowest BCUT2D eigenvalue weighted by molar-refractivity contribution is 0.333. The van der Waals surface area contributed by atoms with E-state index in [0.717, 1.165) is 0 Å². The molecule has 0 aliphatic rings. The number of phenols is 1. The van der Waals surface area contributed by atoms with Gasteiger partial charge in [-0.1, -0.05) is 0 Å². The summed E-state index contributed by atoms with van der Waals surface area (Å²) in [4.78, 5) is 3.67. The molecule has 0 aliphatic heterocycles. The number of hydrogen-bond donors (Lipinski definition) is 1. The Morgan fingerprint density at radius 3 is 2.46 bits per heavy atom. The third kappa shape index (κ3) is 1.72. The van der Waals surface area contributed by atoms with Crippen LogP contribution in [0.2, 0.25) is 0 Å². The van der Waals surface area contributed by atoms with Crippen LogP contribution in [0.5, 0.6) is 17.2 Å². The van der Waals surface area contributed by atoms with Crippen LogP contribution >= 0.6 is 0 Å². The molecule has 0 aromatic heterocycles.